The molecule has 3 nitrogen and oxygen atoms in total. The Kier molecular flexibility index (Phi) is 4.43. The predicted molar refractivity (Wildman–Crippen MR) is 95.7 cm³/mol. The number of phenolic OH excluding ortho intramolecular Hbond substituents is 1. The Morgan fingerprint density at radius 1 is 0.913 bits per heavy atom. The molecule has 0 spiro atoms. The average Bonchev–Trinajstić information content (AvgIpc) is 2.80. The van der Waals surface area contributed by atoms with Gasteiger partial charge in [0.05, 0.1) is 5.69 Å². The molecule has 0 aliphatic carbocycles. The van der Waals surface area contributed by atoms with Crippen molar-refractivity contribution < 1.29 is 9.63 Å². The van der Waals surface area contributed by atoms with Crippen LogP contribution in [-0.4, -0.2) is 10.3 Å². The van der Waals surface area contributed by atoms with Crippen LogP contribution in [0, 0.1) is 6.92 Å². The van der Waals surface area contributed by atoms with E-state index >= 15 is 0 Å². The highest BCUT2D eigenvalue weighted by atomic mass is 16.5. The van der Waals surface area contributed by atoms with Gasteiger partial charge < -0.3 is 9.63 Å². The number of hydrogen-bond acceptors (Lipinski definition) is 3. The highest BCUT2D eigenvalue weighted by Crippen LogP contribution is 2.40. The molecule has 1 N–H and O–H groups in total. The summed E-state index contributed by atoms with van der Waals surface area (Å²) in [6.45, 7) is 14.6. The Hall–Kier alpha value is -2.03. The van der Waals surface area contributed by atoms with Crippen molar-refractivity contribution in [3.05, 3.63) is 46.3 Å². The molecule has 0 saturated heterocycles. The Morgan fingerprint density at radius 2 is 1.43 bits per heavy atom. The maximum absolute atomic E-state index is 10.7. The van der Waals surface area contributed by atoms with Crippen LogP contribution in [0.5, 0.6) is 5.75 Å². The van der Waals surface area contributed by atoms with E-state index in [9.17, 15) is 5.11 Å². The second-order valence-corrected chi connectivity index (χ2v) is 8.17. The van der Waals surface area contributed by atoms with Crippen LogP contribution >= 0.6 is 0 Å². The summed E-state index contributed by atoms with van der Waals surface area (Å²) in [7, 11) is 0. The molecule has 23 heavy (non-hydrogen) atoms. The van der Waals surface area contributed by atoms with Crippen LogP contribution in [0.25, 0.3) is 12.2 Å². The summed E-state index contributed by atoms with van der Waals surface area (Å²) in [5, 5.41) is 14.6. The van der Waals surface area contributed by atoms with Gasteiger partial charge in [0, 0.05) is 17.2 Å². The number of nitrogens with zero attached hydrogens (tertiary/aromatic N) is 1. The Labute approximate surface area is 139 Å². The standard InChI is InChI=1S/C20H27NO2/c1-13-10-15(23-21-13)9-8-14-11-16(19(2,3)4)18(22)17(12-14)20(5,6)7/h8-12,22H,1-7H3. The number of rotatable bonds is 2. The molecule has 0 fully saturated rings. The highest BCUT2D eigenvalue weighted by molar-refractivity contribution is 5.70. The third-order valence-corrected chi connectivity index (χ3v) is 3.83. The zero-order chi connectivity index (χ0) is 17.4. The van der Waals surface area contributed by atoms with Gasteiger partial charge >= 0.3 is 0 Å². The minimum Gasteiger partial charge on any atom is -0.507 e. The van der Waals surface area contributed by atoms with Crippen molar-refractivity contribution in [2.45, 2.75) is 59.3 Å². The molecule has 1 aromatic carbocycles. The Morgan fingerprint density at radius 3 is 1.83 bits per heavy atom. The smallest absolute Gasteiger partial charge is 0.159 e. The lowest BCUT2D eigenvalue weighted by Gasteiger charge is -2.27. The summed E-state index contributed by atoms with van der Waals surface area (Å²) in [5.74, 6) is 1.13. The van der Waals surface area contributed by atoms with E-state index in [4.69, 9.17) is 4.52 Å². The SMILES string of the molecule is Cc1cc(C=Cc2cc(C(C)(C)C)c(O)c(C(C)(C)C)c2)on1. The van der Waals surface area contributed by atoms with E-state index in [1.165, 1.54) is 0 Å². The predicted octanol–water partition coefficient (Wildman–Crippen LogP) is 5.45. The van der Waals surface area contributed by atoms with Gasteiger partial charge in [-0.3, -0.25) is 0 Å². The minimum absolute atomic E-state index is 0.128. The monoisotopic (exact) mass is 313 g/mol. The van der Waals surface area contributed by atoms with E-state index in [0.717, 1.165) is 28.1 Å². The number of phenols is 1. The van der Waals surface area contributed by atoms with Gasteiger partial charge in [-0.2, -0.15) is 0 Å². The fourth-order valence-electron chi connectivity index (χ4n) is 2.54. The summed E-state index contributed by atoms with van der Waals surface area (Å²) in [6, 6.07) is 5.99. The molecule has 2 aromatic rings. The van der Waals surface area contributed by atoms with Gasteiger partial charge in [-0.15, -0.1) is 0 Å². The molecule has 3 heteroatoms. The van der Waals surface area contributed by atoms with E-state index in [1.807, 2.05) is 37.3 Å². The Balaban J connectivity index is 2.53. The van der Waals surface area contributed by atoms with Crippen LogP contribution < -0.4 is 0 Å². The molecule has 2 rings (SSSR count). The van der Waals surface area contributed by atoms with Crippen molar-refractivity contribution in [3.8, 4) is 5.75 Å². The quantitative estimate of drug-likeness (QED) is 0.801. The lowest BCUT2D eigenvalue weighted by molar-refractivity contribution is 0.408. The first kappa shape index (κ1) is 17.3. The summed E-state index contributed by atoms with van der Waals surface area (Å²) in [6.07, 6.45) is 3.91. The first-order valence-electron chi connectivity index (χ1n) is 7.98. The first-order valence-corrected chi connectivity index (χ1v) is 7.98. The first-order chi connectivity index (χ1) is 10.5. The van der Waals surface area contributed by atoms with Crippen molar-refractivity contribution in [1.82, 2.24) is 5.16 Å². The number of aryl methyl sites for hydroxylation is 1. The van der Waals surface area contributed by atoms with E-state index in [-0.39, 0.29) is 10.8 Å². The zero-order valence-electron chi connectivity index (χ0n) is 15.2. The van der Waals surface area contributed by atoms with Crippen LogP contribution in [0.4, 0.5) is 0 Å². The molecule has 1 aromatic heterocycles. The number of hydrogen-bond donors (Lipinski definition) is 1. The van der Waals surface area contributed by atoms with Crippen molar-refractivity contribution in [1.29, 1.82) is 0 Å². The number of aromatic nitrogens is 1. The van der Waals surface area contributed by atoms with E-state index < -0.39 is 0 Å². The van der Waals surface area contributed by atoms with Gasteiger partial charge in [-0.05, 0) is 41.5 Å². The fourth-order valence-corrected chi connectivity index (χ4v) is 2.54. The molecular formula is C20H27NO2. The molecule has 0 atom stereocenters. The molecule has 0 aliphatic heterocycles. The Bertz CT molecular complexity index is 690. The molecule has 0 bridgehead atoms. The van der Waals surface area contributed by atoms with Gasteiger partial charge in [-0.25, -0.2) is 0 Å². The number of aromatic hydroxyl groups is 1. The van der Waals surface area contributed by atoms with Crippen LogP contribution in [0.3, 0.4) is 0 Å². The molecular weight excluding hydrogens is 286 g/mol. The van der Waals surface area contributed by atoms with Gasteiger partial charge in [0.1, 0.15) is 5.75 Å². The summed E-state index contributed by atoms with van der Waals surface area (Å²) < 4.78 is 5.22. The summed E-state index contributed by atoms with van der Waals surface area (Å²) in [4.78, 5) is 0. The van der Waals surface area contributed by atoms with E-state index in [1.54, 1.807) is 0 Å². The van der Waals surface area contributed by atoms with Crippen LogP contribution in [-0.2, 0) is 10.8 Å². The normalized spacial score (nSPS) is 13.0. The third kappa shape index (κ3) is 4.04. The second kappa shape index (κ2) is 5.88. The van der Waals surface area contributed by atoms with Crippen LogP contribution in [0.15, 0.2) is 22.7 Å². The van der Waals surface area contributed by atoms with Gasteiger partial charge in [0.15, 0.2) is 5.76 Å². The largest absolute Gasteiger partial charge is 0.507 e. The van der Waals surface area contributed by atoms with Crippen molar-refractivity contribution in [2.24, 2.45) is 0 Å². The third-order valence-electron chi connectivity index (χ3n) is 3.83. The molecule has 1 heterocycles. The molecule has 124 valence electrons. The molecule has 0 saturated carbocycles. The lowest BCUT2D eigenvalue weighted by atomic mass is 9.78. The van der Waals surface area contributed by atoms with Crippen LogP contribution in [0.2, 0.25) is 0 Å². The zero-order valence-corrected chi connectivity index (χ0v) is 15.2. The van der Waals surface area contributed by atoms with Gasteiger partial charge in [0.2, 0.25) is 0 Å². The fraction of sp³-hybridized carbons (Fsp3) is 0.450. The van der Waals surface area contributed by atoms with Gasteiger partial charge in [0.25, 0.3) is 0 Å². The maximum atomic E-state index is 10.7. The molecule has 0 radical (unpaired) electrons. The topological polar surface area (TPSA) is 46.3 Å². The average molecular weight is 313 g/mol. The van der Waals surface area contributed by atoms with E-state index in [0.29, 0.717) is 5.75 Å². The van der Waals surface area contributed by atoms with Crippen molar-refractivity contribution in [3.63, 3.8) is 0 Å². The van der Waals surface area contributed by atoms with Crippen molar-refractivity contribution >= 4 is 12.2 Å². The lowest BCUT2D eigenvalue weighted by Crippen LogP contribution is -2.17. The van der Waals surface area contributed by atoms with Gasteiger partial charge in [-0.1, -0.05) is 52.8 Å². The number of benzene rings is 1. The molecule has 0 unspecified atom stereocenters. The van der Waals surface area contributed by atoms with Crippen LogP contribution in [0.1, 0.15) is 69.7 Å². The highest BCUT2D eigenvalue weighted by Gasteiger charge is 2.26. The maximum Gasteiger partial charge on any atom is 0.159 e. The van der Waals surface area contributed by atoms with Crippen molar-refractivity contribution in [2.75, 3.05) is 0 Å². The van der Waals surface area contributed by atoms with E-state index in [2.05, 4.69) is 46.7 Å². The second-order valence-electron chi connectivity index (χ2n) is 8.17. The molecule has 0 amide bonds. The molecule has 0 aliphatic rings. The summed E-state index contributed by atoms with van der Waals surface area (Å²) >= 11 is 0. The minimum atomic E-state index is -0.128. The summed E-state index contributed by atoms with van der Waals surface area (Å²) in [5.41, 5.74) is 3.57.